The number of hydrogen-bond acceptors (Lipinski definition) is 7. The summed E-state index contributed by atoms with van der Waals surface area (Å²) in [6, 6.07) is 10.0. The number of hydrogen-bond donors (Lipinski definition) is 2. The van der Waals surface area contributed by atoms with E-state index in [4.69, 9.17) is 15.2 Å². The molecular formula is C24H22F3N5O3. The maximum absolute atomic E-state index is 13.7. The summed E-state index contributed by atoms with van der Waals surface area (Å²) in [5.41, 5.74) is 8.66. The molecule has 0 spiro atoms. The Kier molecular flexibility index (Phi) is 6.61. The molecule has 11 heteroatoms. The van der Waals surface area contributed by atoms with Gasteiger partial charge in [-0.15, -0.1) is 0 Å². The van der Waals surface area contributed by atoms with E-state index in [9.17, 15) is 18.0 Å². The van der Waals surface area contributed by atoms with E-state index in [0.717, 1.165) is 0 Å². The standard InChI is InChI=1S/C24H22F3N5O3/c1-29-11-16-9-14(3-6-19(16)28)18-10-15-4-7-21(35-13-24(25,26)27)31-22(15)32(23(18)33)17-5-8-20(34-2)30-12-17/h3-12,21,31H,13,28H2,1-2H3. The number of nitrogens with zero attached hydrogens (tertiary/aromatic N) is 3. The van der Waals surface area contributed by atoms with E-state index in [1.165, 1.54) is 23.9 Å². The van der Waals surface area contributed by atoms with E-state index in [1.807, 2.05) is 0 Å². The first kappa shape index (κ1) is 24.0. The zero-order valence-corrected chi connectivity index (χ0v) is 18.8. The maximum atomic E-state index is 13.7. The first-order chi connectivity index (χ1) is 16.7. The van der Waals surface area contributed by atoms with Crippen molar-refractivity contribution in [1.82, 2.24) is 9.55 Å². The lowest BCUT2D eigenvalue weighted by Crippen LogP contribution is -2.33. The summed E-state index contributed by atoms with van der Waals surface area (Å²) in [7, 11) is 3.08. The van der Waals surface area contributed by atoms with Gasteiger partial charge in [-0.25, -0.2) is 4.98 Å². The SMILES string of the molecule is CN=Cc1cc(-c2cc3c(n(-c4ccc(OC)nc4)c2=O)NC(OCC(F)(F)F)C=C3)ccc1N. The van der Waals surface area contributed by atoms with Crippen LogP contribution in [0.25, 0.3) is 22.9 Å². The minimum Gasteiger partial charge on any atom is -0.481 e. The number of pyridine rings is 2. The molecule has 3 aromatic rings. The Morgan fingerprint density at radius 2 is 2.06 bits per heavy atom. The summed E-state index contributed by atoms with van der Waals surface area (Å²) in [4.78, 5) is 21.9. The molecule has 3 N–H and O–H groups in total. The van der Waals surface area contributed by atoms with Crippen molar-refractivity contribution >= 4 is 23.8 Å². The van der Waals surface area contributed by atoms with Crippen molar-refractivity contribution in [3.8, 4) is 22.7 Å². The molecule has 0 radical (unpaired) electrons. The Hall–Kier alpha value is -4.12. The van der Waals surface area contributed by atoms with Gasteiger partial charge in [0.25, 0.3) is 5.56 Å². The van der Waals surface area contributed by atoms with Crippen molar-refractivity contribution in [2.75, 3.05) is 31.8 Å². The smallest absolute Gasteiger partial charge is 0.411 e. The highest BCUT2D eigenvalue weighted by atomic mass is 19.4. The third-order valence-corrected chi connectivity index (χ3v) is 5.24. The third kappa shape index (κ3) is 5.19. The normalized spacial score (nSPS) is 15.2. The first-order valence-corrected chi connectivity index (χ1v) is 10.5. The van der Waals surface area contributed by atoms with Gasteiger partial charge >= 0.3 is 6.18 Å². The van der Waals surface area contributed by atoms with E-state index < -0.39 is 24.6 Å². The van der Waals surface area contributed by atoms with E-state index in [1.54, 1.807) is 55.7 Å². The number of aromatic nitrogens is 2. The molecule has 0 bridgehead atoms. The molecule has 1 aliphatic rings. The van der Waals surface area contributed by atoms with Crippen LogP contribution in [0.3, 0.4) is 0 Å². The molecule has 0 saturated heterocycles. The average molecular weight is 485 g/mol. The van der Waals surface area contributed by atoms with E-state index in [2.05, 4.69) is 15.3 Å². The van der Waals surface area contributed by atoms with Crippen molar-refractivity contribution in [2.24, 2.45) is 4.99 Å². The van der Waals surface area contributed by atoms with Gasteiger partial charge in [0.1, 0.15) is 18.7 Å². The van der Waals surface area contributed by atoms with Crippen LogP contribution >= 0.6 is 0 Å². The predicted molar refractivity (Wildman–Crippen MR) is 128 cm³/mol. The fourth-order valence-electron chi connectivity index (χ4n) is 3.64. The molecule has 4 rings (SSSR count). The predicted octanol–water partition coefficient (Wildman–Crippen LogP) is 3.88. The molecular weight excluding hydrogens is 463 g/mol. The van der Waals surface area contributed by atoms with Gasteiger partial charge in [0.15, 0.2) is 0 Å². The second kappa shape index (κ2) is 9.63. The van der Waals surface area contributed by atoms with Gasteiger partial charge in [-0.05, 0) is 35.9 Å². The van der Waals surface area contributed by atoms with Gasteiger partial charge in [-0.2, -0.15) is 13.2 Å². The number of nitrogen functional groups attached to an aromatic ring is 1. The van der Waals surface area contributed by atoms with Crippen molar-refractivity contribution in [3.05, 3.63) is 70.2 Å². The van der Waals surface area contributed by atoms with Gasteiger partial charge in [0, 0.05) is 41.7 Å². The number of fused-ring (bicyclic) bond motifs is 1. The van der Waals surface area contributed by atoms with Crippen LogP contribution < -0.4 is 21.3 Å². The lowest BCUT2D eigenvalue weighted by atomic mass is 10.0. The number of benzene rings is 1. The van der Waals surface area contributed by atoms with Crippen molar-refractivity contribution in [3.63, 3.8) is 0 Å². The van der Waals surface area contributed by atoms with Crippen LogP contribution in [0.15, 0.2) is 58.5 Å². The van der Waals surface area contributed by atoms with Crippen LogP contribution in [0.2, 0.25) is 0 Å². The largest absolute Gasteiger partial charge is 0.481 e. The molecule has 35 heavy (non-hydrogen) atoms. The van der Waals surface area contributed by atoms with Crippen molar-refractivity contribution in [1.29, 1.82) is 0 Å². The highest BCUT2D eigenvalue weighted by molar-refractivity contribution is 5.89. The molecule has 3 heterocycles. The Morgan fingerprint density at radius 3 is 2.71 bits per heavy atom. The van der Waals surface area contributed by atoms with Gasteiger partial charge in [-0.3, -0.25) is 14.4 Å². The summed E-state index contributed by atoms with van der Waals surface area (Å²) < 4.78 is 49.4. The third-order valence-electron chi connectivity index (χ3n) is 5.24. The number of anilines is 2. The molecule has 1 atom stereocenters. The fourth-order valence-corrected chi connectivity index (χ4v) is 3.64. The summed E-state index contributed by atoms with van der Waals surface area (Å²) in [6.07, 6.45) is 0.511. The zero-order chi connectivity index (χ0) is 25.2. The molecule has 0 saturated carbocycles. The van der Waals surface area contributed by atoms with Crippen LogP contribution in [-0.2, 0) is 4.74 Å². The number of halogens is 3. The van der Waals surface area contributed by atoms with Gasteiger partial charge in [0.05, 0.1) is 19.0 Å². The quantitative estimate of drug-likeness (QED) is 0.406. The van der Waals surface area contributed by atoms with Crippen LogP contribution in [0.5, 0.6) is 5.88 Å². The van der Waals surface area contributed by atoms with E-state index in [-0.39, 0.29) is 5.82 Å². The lowest BCUT2D eigenvalue weighted by Gasteiger charge is -2.26. The number of alkyl halides is 3. The summed E-state index contributed by atoms with van der Waals surface area (Å²) in [6.45, 7) is -1.44. The summed E-state index contributed by atoms with van der Waals surface area (Å²) >= 11 is 0. The lowest BCUT2D eigenvalue weighted by molar-refractivity contribution is -0.178. The molecule has 1 aromatic carbocycles. The molecule has 0 fully saturated rings. The van der Waals surface area contributed by atoms with Crippen LogP contribution in [0, 0.1) is 0 Å². The maximum Gasteiger partial charge on any atom is 0.411 e. The van der Waals surface area contributed by atoms with Crippen LogP contribution in [-0.4, -0.2) is 48.9 Å². The molecule has 0 amide bonds. The van der Waals surface area contributed by atoms with Crippen molar-refractivity contribution in [2.45, 2.75) is 12.4 Å². The van der Waals surface area contributed by atoms with Crippen LogP contribution in [0.1, 0.15) is 11.1 Å². The Balaban J connectivity index is 1.87. The molecule has 1 aliphatic heterocycles. The zero-order valence-electron chi connectivity index (χ0n) is 18.8. The van der Waals surface area contributed by atoms with Crippen LogP contribution in [0.4, 0.5) is 24.7 Å². The number of rotatable bonds is 6. The topological polar surface area (TPSA) is 104 Å². The average Bonchev–Trinajstić information content (AvgIpc) is 2.83. The van der Waals surface area contributed by atoms with Gasteiger partial charge in [-0.1, -0.05) is 12.1 Å². The Labute approximate surface area is 198 Å². The molecule has 2 aromatic heterocycles. The van der Waals surface area contributed by atoms with Gasteiger partial charge < -0.3 is 20.5 Å². The second-order valence-electron chi connectivity index (χ2n) is 7.64. The van der Waals surface area contributed by atoms with Crippen molar-refractivity contribution < 1.29 is 22.6 Å². The molecule has 1 unspecified atom stereocenters. The minimum absolute atomic E-state index is 0.270. The highest BCUT2D eigenvalue weighted by Gasteiger charge is 2.30. The minimum atomic E-state index is -4.49. The fraction of sp³-hybridized carbons (Fsp3) is 0.208. The monoisotopic (exact) mass is 485 g/mol. The van der Waals surface area contributed by atoms with E-state index in [0.29, 0.717) is 39.5 Å². The number of methoxy groups -OCH3 is 1. The molecule has 0 aliphatic carbocycles. The summed E-state index contributed by atoms with van der Waals surface area (Å²) in [5, 5.41) is 2.88. The summed E-state index contributed by atoms with van der Waals surface area (Å²) in [5.74, 6) is 0.610. The molecule has 182 valence electrons. The molecule has 8 nitrogen and oxygen atoms in total. The highest BCUT2D eigenvalue weighted by Crippen LogP contribution is 2.31. The number of nitrogens with two attached hydrogens (primary N) is 1. The van der Waals surface area contributed by atoms with Gasteiger partial charge in [0.2, 0.25) is 5.88 Å². The van der Waals surface area contributed by atoms with E-state index >= 15 is 0 Å². The second-order valence-corrected chi connectivity index (χ2v) is 7.64. The first-order valence-electron chi connectivity index (χ1n) is 10.5. The Morgan fingerprint density at radius 1 is 1.26 bits per heavy atom. The number of nitrogens with one attached hydrogen (secondary N) is 1. The number of aliphatic imine (C=N–C) groups is 1. The Bertz CT molecular complexity index is 1350. The number of ether oxygens (including phenoxy) is 2.